The van der Waals surface area contributed by atoms with Crippen molar-refractivity contribution in [3.63, 3.8) is 0 Å². The lowest BCUT2D eigenvalue weighted by Crippen LogP contribution is -2.27. The maximum atomic E-state index is 4.84. The summed E-state index contributed by atoms with van der Waals surface area (Å²) in [6.07, 6.45) is 1.13. The highest BCUT2D eigenvalue weighted by atomic mass is 79.9. The first kappa shape index (κ1) is 14.5. The molecule has 0 aliphatic heterocycles. The molecule has 19 heavy (non-hydrogen) atoms. The summed E-state index contributed by atoms with van der Waals surface area (Å²) in [5.74, 6) is 0.511. The number of rotatable bonds is 5. The number of aromatic nitrogens is 1. The van der Waals surface area contributed by atoms with Crippen LogP contribution in [0.15, 0.2) is 34.8 Å². The molecule has 1 atom stereocenters. The lowest BCUT2D eigenvalue weighted by molar-refractivity contribution is 0.404. The molecule has 1 N–H and O–H groups in total. The van der Waals surface area contributed by atoms with Gasteiger partial charge in [0, 0.05) is 9.86 Å². The van der Waals surface area contributed by atoms with E-state index in [1.54, 1.807) is 0 Å². The van der Waals surface area contributed by atoms with Crippen molar-refractivity contribution in [1.82, 2.24) is 10.3 Å². The van der Waals surface area contributed by atoms with E-state index < -0.39 is 0 Å². The largest absolute Gasteiger partial charge is 0.308 e. The van der Waals surface area contributed by atoms with Gasteiger partial charge in [-0.1, -0.05) is 39.0 Å². The molecule has 1 aromatic heterocycles. The predicted octanol–water partition coefficient (Wildman–Crippen LogP) is 4.69. The summed E-state index contributed by atoms with van der Waals surface area (Å²) < 4.78 is 1.09. The Morgan fingerprint density at radius 1 is 1.26 bits per heavy atom. The van der Waals surface area contributed by atoms with E-state index in [0.717, 1.165) is 28.6 Å². The van der Waals surface area contributed by atoms with Crippen LogP contribution >= 0.6 is 15.9 Å². The molecule has 0 spiro atoms. The van der Waals surface area contributed by atoms with Gasteiger partial charge in [-0.25, -0.2) is 4.98 Å². The topological polar surface area (TPSA) is 24.9 Å². The predicted molar refractivity (Wildman–Crippen MR) is 85.3 cm³/mol. The molecule has 3 heteroatoms. The van der Waals surface area contributed by atoms with Crippen LogP contribution in [0, 0.1) is 5.92 Å². The van der Waals surface area contributed by atoms with E-state index >= 15 is 0 Å². The molecule has 2 aromatic rings. The first-order valence-corrected chi connectivity index (χ1v) is 7.71. The van der Waals surface area contributed by atoms with Gasteiger partial charge in [-0.15, -0.1) is 0 Å². The Balaban J connectivity index is 2.43. The molecular formula is C16H21BrN2. The van der Waals surface area contributed by atoms with Crippen LogP contribution in [-0.2, 0) is 0 Å². The molecule has 0 saturated carbocycles. The number of halogens is 1. The van der Waals surface area contributed by atoms with Gasteiger partial charge in [0.2, 0.25) is 0 Å². The molecule has 0 bridgehead atoms. The quantitative estimate of drug-likeness (QED) is 0.864. The highest BCUT2D eigenvalue weighted by molar-refractivity contribution is 9.10. The van der Waals surface area contributed by atoms with E-state index in [4.69, 9.17) is 4.98 Å². The number of hydrogen-bond donors (Lipinski definition) is 1. The molecule has 1 heterocycles. The van der Waals surface area contributed by atoms with Crippen LogP contribution in [0.2, 0.25) is 0 Å². The fraction of sp³-hybridized carbons (Fsp3) is 0.438. The first-order chi connectivity index (χ1) is 9.13. The van der Waals surface area contributed by atoms with Gasteiger partial charge in [-0.2, -0.15) is 0 Å². The van der Waals surface area contributed by atoms with Gasteiger partial charge in [0.1, 0.15) is 0 Å². The first-order valence-electron chi connectivity index (χ1n) is 6.92. The Morgan fingerprint density at radius 2 is 2.00 bits per heavy atom. The fourth-order valence-electron chi connectivity index (χ4n) is 2.27. The Bertz CT molecular complexity index is 551. The zero-order chi connectivity index (χ0) is 13.8. The zero-order valence-corrected chi connectivity index (χ0v) is 13.4. The molecule has 102 valence electrons. The second kappa shape index (κ2) is 6.49. The highest BCUT2D eigenvalue weighted by Gasteiger charge is 2.19. The molecule has 2 rings (SSSR count). The van der Waals surface area contributed by atoms with Crippen molar-refractivity contribution in [3.8, 4) is 0 Å². The van der Waals surface area contributed by atoms with Gasteiger partial charge in [0.05, 0.1) is 17.3 Å². The maximum absolute atomic E-state index is 4.84. The van der Waals surface area contributed by atoms with Crippen LogP contribution in [0.3, 0.4) is 0 Å². The van der Waals surface area contributed by atoms with Crippen molar-refractivity contribution in [1.29, 1.82) is 0 Å². The number of fused-ring (bicyclic) bond motifs is 1. The number of para-hydroxylation sites is 1. The van der Waals surface area contributed by atoms with Gasteiger partial charge >= 0.3 is 0 Å². The van der Waals surface area contributed by atoms with E-state index in [2.05, 4.69) is 60.2 Å². The number of nitrogens with zero attached hydrogens (tertiary/aromatic N) is 1. The average molecular weight is 321 g/mol. The Kier molecular flexibility index (Phi) is 4.94. The van der Waals surface area contributed by atoms with E-state index in [1.165, 1.54) is 5.39 Å². The van der Waals surface area contributed by atoms with Crippen LogP contribution in [0.5, 0.6) is 0 Å². The van der Waals surface area contributed by atoms with Gasteiger partial charge in [0.15, 0.2) is 0 Å². The third-order valence-electron chi connectivity index (χ3n) is 3.28. The third-order valence-corrected chi connectivity index (χ3v) is 3.92. The van der Waals surface area contributed by atoms with Crippen molar-refractivity contribution in [3.05, 3.63) is 40.5 Å². The van der Waals surface area contributed by atoms with Gasteiger partial charge < -0.3 is 5.32 Å². The summed E-state index contributed by atoms with van der Waals surface area (Å²) in [5, 5.41) is 4.78. The minimum Gasteiger partial charge on any atom is -0.308 e. The SMILES string of the molecule is CCCNC(c1nc2ccccc2cc1Br)C(C)C. The Morgan fingerprint density at radius 3 is 2.68 bits per heavy atom. The Hall–Kier alpha value is -0.930. The van der Waals surface area contributed by atoms with E-state index in [1.807, 2.05) is 12.1 Å². The minimum absolute atomic E-state index is 0.291. The molecule has 0 fully saturated rings. The molecule has 0 aliphatic carbocycles. The summed E-state index contributed by atoms with van der Waals surface area (Å²) in [6, 6.07) is 10.7. The van der Waals surface area contributed by atoms with Crippen LogP contribution in [0.25, 0.3) is 10.9 Å². The number of pyridine rings is 1. The van der Waals surface area contributed by atoms with E-state index in [0.29, 0.717) is 12.0 Å². The second-order valence-electron chi connectivity index (χ2n) is 5.22. The number of nitrogens with one attached hydrogen (secondary N) is 1. The van der Waals surface area contributed by atoms with Gasteiger partial charge in [-0.05, 0) is 46.9 Å². The van der Waals surface area contributed by atoms with E-state index in [-0.39, 0.29) is 0 Å². The van der Waals surface area contributed by atoms with Crippen LogP contribution in [0.4, 0.5) is 0 Å². The highest BCUT2D eigenvalue weighted by Crippen LogP contribution is 2.29. The fourth-order valence-corrected chi connectivity index (χ4v) is 2.85. The molecule has 2 nitrogen and oxygen atoms in total. The van der Waals surface area contributed by atoms with Crippen molar-refractivity contribution in [2.45, 2.75) is 33.2 Å². The molecule has 0 radical (unpaired) electrons. The van der Waals surface area contributed by atoms with Crippen LogP contribution in [-0.4, -0.2) is 11.5 Å². The summed E-state index contributed by atoms with van der Waals surface area (Å²) >= 11 is 3.68. The zero-order valence-electron chi connectivity index (χ0n) is 11.8. The maximum Gasteiger partial charge on any atom is 0.0725 e. The lowest BCUT2D eigenvalue weighted by atomic mass is 9.99. The normalized spacial score (nSPS) is 13.1. The summed E-state index contributed by atoms with van der Waals surface area (Å²) in [4.78, 5) is 4.84. The van der Waals surface area contributed by atoms with Gasteiger partial charge in [-0.3, -0.25) is 0 Å². The van der Waals surface area contributed by atoms with Crippen molar-refractivity contribution < 1.29 is 0 Å². The minimum atomic E-state index is 0.291. The van der Waals surface area contributed by atoms with Crippen LogP contribution < -0.4 is 5.32 Å². The van der Waals surface area contributed by atoms with Crippen LogP contribution in [0.1, 0.15) is 38.9 Å². The molecule has 0 amide bonds. The van der Waals surface area contributed by atoms with Crippen molar-refractivity contribution in [2.75, 3.05) is 6.54 Å². The monoisotopic (exact) mass is 320 g/mol. The van der Waals surface area contributed by atoms with E-state index in [9.17, 15) is 0 Å². The summed E-state index contributed by atoms with van der Waals surface area (Å²) in [5.41, 5.74) is 2.17. The second-order valence-corrected chi connectivity index (χ2v) is 6.08. The third kappa shape index (κ3) is 3.34. The summed E-state index contributed by atoms with van der Waals surface area (Å²) in [6.45, 7) is 7.67. The standard InChI is InChI=1S/C16H21BrN2/c1-4-9-18-15(11(2)3)16-13(17)10-12-7-5-6-8-14(12)19-16/h5-8,10-11,15,18H,4,9H2,1-3H3. The van der Waals surface area contributed by atoms with Crippen molar-refractivity contribution in [2.24, 2.45) is 5.92 Å². The lowest BCUT2D eigenvalue weighted by Gasteiger charge is -2.23. The molecule has 0 aliphatic rings. The van der Waals surface area contributed by atoms with Crippen molar-refractivity contribution >= 4 is 26.8 Å². The average Bonchev–Trinajstić information content (AvgIpc) is 2.39. The summed E-state index contributed by atoms with van der Waals surface area (Å²) in [7, 11) is 0. The molecule has 1 aromatic carbocycles. The number of hydrogen-bond acceptors (Lipinski definition) is 2. The molecular weight excluding hydrogens is 300 g/mol. The molecule has 0 saturated heterocycles. The van der Waals surface area contributed by atoms with Gasteiger partial charge in [0.25, 0.3) is 0 Å². The molecule has 1 unspecified atom stereocenters. The smallest absolute Gasteiger partial charge is 0.0725 e. The number of benzene rings is 1. The Labute approximate surface area is 123 Å².